The molecule has 0 aliphatic heterocycles. The highest BCUT2D eigenvalue weighted by Gasteiger charge is 2.25. The van der Waals surface area contributed by atoms with Crippen LogP contribution in [0.1, 0.15) is 20.3 Å². The Balaban J connectivity index is 4.35. The molecule has 0 aliphatic rings. The van der Waals surface area contributed by atoms with Gasteiger partial charge in [0.2, 0.25) is 5.91 Å². The average molecular weight is 217 g/mol. The molecule has 6 nitrogen and oxygen atoms in total. The molecule has 0 bridgehead atoms. The summed E-state index contributed by atoms with van der Waals surface area (Å²) in [5.41, 5.74) is 0. The maximum Gasteiger partial charge on any atom is 0.328 e. The maximum absolute atomic E-state index is 11.2. The molecule has 6 heteroatoms. The molecular formula is C9H15NO5. The fraction of sp³-hybridized carbons (Fsp3) is 0.667. The summed E-state index contributed by atoms with van der Waals surface area (Å²) in [6, 6.07) is -0.804. The Morgan fingerprint density at radius 3 is 2.20 bits per heavy atom. The summed E-state index contributed by atoms with van der Waals surface area (Å²) in [5, 5.41) is 10.7. The lowest BCUT2D eigenvalue weighted by Crippen LogP contribution is -2.45. The van der Waals surface area contributed by atoms with E-state index in [1.54, 1.807) is 13.8 Å². The Morgan fingerprint density at radius 2 is 1.87 bits per heavy atom. The second-order valence-corrected chi connectivity index (χ2v) is 3.38. The van der Waals surface area contributed by atoms with Gasteiger partial charge in [-0.3, -0.25) is 9.59 Å². The number of carbonyl (C=O) groups is 3. The number of hydrogen-bond acceptors (Lipinski definition) is 4. The standard InChI is InChI=1S/C9H15NO5/c1-5(2)8(9(14)15-3)10-6(11)4-7(12)13/h5,8H,4H2,1-3H3,(H,10,11)(H,12,13)/t8-/m1/s1. The first-order chi connectivity index (χ1) is 6.88. The molecule has 0 fully saturated rings. The highest BCUT2D eigenvalue weighted by Crippen LogP contribution is 2.03. The summed E-state index contributed by atoms with van der Waals surface area (Å²) >= 11 is 0. The number of carbonyl (C=O) groups excluding carboxylic acids is 2. The van der Waals surface area contributed by atoms with Crippen LogP contribution in [0.25, 0.3) is 0 Å². The van der Waals surface area contributed by atoms with Gasteiger partial charge in [0.15, 0.2) is 0 Å². The van der Waals surface area contributed by atoms with Crippen molar-refractivity contribution in [2.75, 3.05) is 7.11 Å². The zero-order valence-electron chi connectivity index (χ0n) is 8.94. The van der Waals surface area contributed by atoms with Crippen LogP contribution < -0.4 is 5.32 Å². The Kier molecular flexibility index (Phi) is 5.36. The number of methoxy groups -OCH3 is 1. The largest absolute Gasteiger partial charge is 0.481 e. The Labute approximate surface area is 87.6 Å². The SMILES string of the molecule is COC(=O)[C@H](NC(=O)CC(=O)O)C(C)C. The molecule has 2 N–H and O–H groups in total. The number of carboxylic acid groups (broad SMARTS) is 1. The second-order valence-electron chi connectivity index (χ2n) is 3.38. The molecule has 0 aliphatic carbocycles. The van der Waals surface area contributed by atoms with Crippen molar-refractivity contribution in [3.05, 3.63) is 0 Å². The molecule has 0 radical (unpaired) electrons. The predicted molar refractivity (Wildman–Crippen MR) is 51.0 cm³/mol. The van der Waals surface area contributed by atoms with Crippen molar-refractivity contribution in [3.63, 3.8) is 0 Å². The quantitative estimate of drug-likeness (QED) is 0.490. The van der Waals surface area contributed by atoms with Gasteiger partial charge in [0.05, 0.1) is 7.11 Å². The van der Waals surface area contributed by atoms with E-state index >= 15 is 0 Å². The molecule has 1 atom stereocenters. The highest BCUT2D eigenvalue weighted by molar-refractivity contribution is 5.95. The van der Waals surface area contributed by atoms with Crippen LogP contribution in [0, 0.1) is 5.92 Å². The molecule has 15 heavy (non-hydrogen) atoms. The van der Waals surface area contributed by atoms with Gasteiger partial charge >= 0.3 is 11.9 Å². The first-order valence-electron chi connectivity index (χ1n) is 4.47. The van der Waals surface area contributed by atoms with Crippen molar-refractivity contribution in [2.45, 2.75) is 26.3 Å². The number of rotatable bonds is 5. The Morgan fingerprint density at radius 1 is 1.33 bits per heavy atom. The molecule has 86 valence electrons. The number of nitrogens with one attached hydrogen (secondary N) is 1. The monoisotopic (exact) mass is 217 g/mol. The molecule has 1 amide bonds. The number of hydrogen-bond donors (Lipinski definition) is 2. The van der Waals surface area contributed by atoms with Gasteiger partial charge in [0.1, 0.15) is 12.5 Å². The van der Waals surface area contributed by atoms with E-state index in [4.69, 9.17) is 5.11 Å². The fourth-order valence-corrected chi connectivity index (χ4v) is 0.987. The molecule has 0 rings (SSSR count). The number of carboxylic acids is 1. The van der Waals surface area contributed by atoms with Crippen LogP contribution in [-0.2, 0) is 19.1 Å². The third-order valence-electron chi connectivity index (χ3n) is 1.75. The lowest BCUT2D eigenvalue weighted by molar-refractivity contribution is -0.148. The summed E-state index contributed by atoms with van der Waals surface area (Å²) in [6.07, 6.45) is -0.653. The van der Waals surface area contributed by atoms with Gasteiger partial charge in [-0.1, -0.05) is 13.8 Å². The predicted octanol–water partition coefficient (Wildman–Crippen LogP) is -0.225. The van der Waals surface area contributed by atoms with E-state index in [1.807, 2.05) is 0 Å². The second kappa shape index (κ2) is 6.00. The highest BCUT2D eigenvalue weighted by atomic mass is 16.5. The van der Waals surface area contributed by atoms with E-state index in [0.29, 0.717) is 0 Å². The van der Waals surface area contributed by atoms with E-state index in [0.717, 1.165) is 0 Å². The molecule has 0 aromatic rings. The summed E-state index contributed by atoms with van der Waals surface area (Å²) in [6.45, 7) is 3.45. The summed E-state index contributed by atoms with van der Waals surface area (Å²) in [4.78, 5) is 32.5. The molecule has 0 spiro atoms. The van der Waals surface area contributed by atoms with Gasteiger partial charge in [0.25, 0.3) is 0 Å². The van der Waals surface area contributed by atoms with E-state index in [-0.39, 0.29) is 5.92 Å². The number of ether oxygens (including phenoxy) is 1. The minimum Gasteiger partial charge on any atom is -0.481 e. The van der Waals surface area contributed by atoms with Gasteiger partial charge in [-0.05, 0) is 5.92 Å². The van der Waals surface area contributed by atoms with Gasteiger partial charge in [-0.2, -0.15) is 0 Å². The first kappa shape index (κ1) is 13.4. The van der Waals surface area contributed by atoms with Crippen LogP contribution in [-0.4, -0.2) is 36.1 Å². The average Bonchev–Trinajstić information content (AvgIpc) is 2.11. The lowest BCUT2D eigenvalue weighted by Gasteiger charge is -2.19. The smallest absolute Gasteiger partial charge is 0.328 e. The first-order valence-corrected chi connectivity index (χ1v) is 4.47. The molecule has 0 unspecified atom stereocenters. The number of esters is 1. The topological polar surface area (TPSA) is 92.7 Å². The Bertz CT molecular complexity index is 261. The molecule has 0 aromatic carbocycles. The molecular weight excluding hydrogens is 202 g/mol. The van der Waals surface area contributed by atoms with Crippen LogP contribution in [0.15, 0.2) is 0 Å². The van der Waals surface area contributed by atoms with Crippen LogP contribution in [0.5, 0.6) is 0 Å². The van der Waals surface area contributed by atoms with Crippen LogP contribution in [0.4, 0.5) is 0 Å². The molecule has 0 aromatic heterocycles. The Hall–Kier alpha value is -1.59. The summed E-state index contributed by atoms with van der Waals surface area (Å²) in [5.74, 6) is -2.68. The van der Waals surface area contributed by atoms with Crippen LogP contribution in [0.2, 0.25) is 0 Å². The van der Waals surface area contributed by atoms with Crippen molar-refractivity contribution in [1.82, 2.24) is 5.32 Å². The van der Waals surface area contributed by atoms with E-state index in [9.17, 15) is 14.4 Å². The van der Waals surface area contributed by atoms with Crippen molar-refractivity contribution in [3.8, 4) is 0 Å². The maximum atomic E-state index is 11.2. The normalized spacial score (nSPS) is 12.0. The van der Waals surface area contributed by atoms with Crippen LogP contribution >= 0.6 is 0 Å². The minimum absolute atomic E-state index is 0.157. The van der Waals surface area contributed by atoms with Crippen molar-refractivity contribution < 1.29 is 24.2 Å². The van der Waals surface area contributed by atoms with Gasteiger partial charge < -0.3 is 15.2 Å². The van der Waals surface area contributed by atoms with Crippen LogP contribution in [0.3, 0.4) is 0 Å². The zero-order chi connectivity index (χ0) is 12.0. The van der Waals surface area contributed by atoms with Gasteiger partial charge in [0, 0.05) is 0 Å². The van der Waals surface area contributed by atoms with E-state index in [2.05, 4.69) is 10.1 Å². The third-order valence-corrected chi connectivity index (χ3v) is 1.75. The molecule has 0 saturated heterocycles. The van der Waals surface area contributed by atoms with E-state index in [1.165, 1.54) is 7.11 Å². The fourth-order valence-electron chi connectivity index (χ4n) is 0.987. The van der Waals surface area contributed by atoms with Crippen molar-refractivity contribution in [2.24, 2.45) is 5.92 Å². The minimum atomic E-state index is -1.24. The molecule has 0 saturated carbocycles. The zero-order valence-corrected chi connectivity index (χ0v) is 8.94. The lowest BCUT2D eigenvalue weighted by atomic mass is 10.0. The third kappa shape index (κ3) is 4.99. The van der Waals surface area contributed by atoms with Crippen molar-refractivity contribution >= 4 is 17.8 Å². The number of aliphatic carboxylic acids is 1. The van der Waals surface area contributed by atoms with E-state index < -0.39 is 30.3 Å². The molecule has 0 heterocycles. The summed E-state index contributed by atoms with van der Waals surface area (Å²) < 4.78 is 4.48. The number of amides is 1. The van der Waals surface area contributed by atoms with Gasteiger partial charge in [-0.15, -0.1) is 0 Å². The van der Waals surface area contributed by atoms with Crippen molar-refractivity contribution in [1.29, 1.82) is 0 Å². The van der Waals surface area contributed by atoms with Gasteiger partial charge in [-0.25, -0.2) is 4.79 Å². The summed E-state index contributed by atoms with van der Waals surface area (Å²) in [7, 11) is 1.21.